The third kappa shape index (κ3) is 4.09. The summed E-state index contributed by atoms with van der Waals surface area (Å²) in [6.07, 6.45) is 0. The predicted molar refractivity (Wildman–Crippen MR) is 94.7 cm³/mol. The molecule has 0 saturated carbocycles. The number of aromatic amines is 1. The van der Waals surface area contributed by atoms with Gasteiger partial charge in [0, 0.05) is 13.1 Å². The van der Waals surface area contributed by atoms with Crippen molar-refractivity contribution in [3.8, 4) is 0 Å². The van der Waals surface area contributed by atoms with Crippen molar-refractivity contribution in [2.24, 2.45) is 4.99 Å². The number of nitrogens with zero attached hydrogens (tertiary/aromatic N) is 2. The predicted octanol–water partition coefficient (Wildman–Crippen LogP) is 2.56. The Morgan fingerprint density at radius 1 is 1.25 bits per heavy atom. The maximum Gasteiger partial charge on any atom is 0.191 e. The smallest absolute Gasteiger partial charge is 0.191 e. The Kier molecular flexibility index (Phi) is 6.77. The van der Waals surface area contributed by atoms with Crippen molar-refractivity contribution in [2.45, 2.75) is 27.3 Å². The summed E-state index contributed by atoms with van der Waals surface area (Å²) < 4.78 is 0. The van der Waals surface area contributed by atoms with Crippen LogP contribution in [0.15, 0.2) is 23.2 Å². The number of benzene rings is 1. The van der Waals surface area contributed by atoms with E-state index in [0.717, 1.165) is 35.9 Å². The number of halogens is 1. The van der Waals surface area contributed by atoms with Gasteiger partial charge >= 0.3 is 0 Å². The molecule has 3 N–H and O–H groups in total. The van der Waals surface area contributed by atoms with Gasteiger partial charge in [-0.2, -0.15) is 0 Å². The number of aromatic nitrogens is 2. The monoisotopic (exact) mass is 387 g/mol. The van der Waals surface area contributed by atoms with Crippen molar-refractivity contribution in [3.05, 3.63) is 29.6 Å². The number of aryl methyl sites for hydroxylation is 1. The highest BCUT2D eigenvalue weighted by molar-refractivity contribution is 14.0. The van der Waals surface area contributed by atoms with E-state index in [1.165, 1.54) is 5.56 Å². The van der Waals surface area contributed by atoms with Crippen LogP contribution in [0.2, 0.25) is 0 Å². The van der Waals surface area contributed by atoms with Crippen LogP contribution in [-0.2, 0) is 6.54 Å². The molecule has 0 aliphatic heterocycles. The van der Waals surface area contributed by atoms with Gasteiger partial charge in [0.05, 0.1) is 11.0 Å². The third-order valence-corrected chi connectivity index (χ3v) is 2.84. The van der Waals surface area contributed by atoms with E-state index in [2.05, 4.69) is 52.4 Å². The zero-order valence-corrected chi connectivity index (χ0v) is 14.5. The Balaban J connectivity index is 0.00000200. The molecule has 0 spiro atoms. The largest absolute Gasteiger partial charge is 0.357 e. The highest BCUT2D eigenvalue weighted by Gasteiger charge is 2.04. The number of hydrogen-bond acceptors (Lipinski definition) is 2. The minimum atomic E-state index is 0. The summed E-state index contributed by atoms with van der Waals surface area (Å²) in [7, 11) is 0. The topological polar surface area (TPSA) is 65.1 Å². The first-order valence-corrected chi connectivity index (χ1v) is 6.71. The number of fused-ring (bicyclic) bond motifs is 1. The van der Waals surface area contributed by atoms with Gasteiger partial charge in [0.2, 0.25) is 0 Å². The van der Waals surface area contributed by atoms with Crippen molar-refractivity contribution in [3.63, 3.8) is 0 Å². The van der Waals surface area contributed by atoms with Crippen LogP contribution in [-0.4, -0.2) is 29.0 Å². The molecule has 1 heterocycles. The Bertz CT molecular complexity index is 568. The van der Waals surface area contributed by atoms with Crippen LogP contribution in [0.1, 0.15) is 25.2 Å². The fraction of sp³-hybridized carbons (Fsp3) is 0.429. The molecule has 0 fully saturated rings. The van der Waals surface area contributed by atoms with Crippen LogP contribution in [0, 0.1) is 6.92 Å². The fourth-order valence-corrected chi connectivity index (χ4v) is 1.96. The number of nitrogens with one attached hydrogen (secondary N) is 3. The van der Waals surface area contributed by atoms with E-state index < -0.39 is 0 Å². The minimum Gasteiger partial charge on any atom is -0.357 e. The quantitative estimate of drug-likeness (QED) is 0.429. The molecule has 0 unspecified atom stereocenters. The van der Waals surface area contributed by atoms with Crippen LogP contribution in [0.3, 0.4) is 0 Å². The molecule has 2 rings (SSSR count). The van der Waals surface area contributed by atoms with Gasteiger partial charge in [-0.3, -0.25) is 0 Å². The molecule has 5 nitrogen and oxygen atoms in total. The molecule has 0 saturated heterocycles. The number of imidazole rings is 1. The summed E-state index contributed by atoms with van der Waals surface area (Å²) in [6, 6.07) is 6.14. The molecular weight excluding hydrogens is 365 g/mol. The molecule has 6 heteroatoms. The Morgan fingerprint density at radius 3 is 2.55 bits per heavy atom. The van der Waals surface area contributed by atoms with E-state index in [9.17, 15) is 0 Å². The zero-order valence-electron chi connectivity index (χ0n) is 12.2. The maximum absolute atomic E-state index is 4.59. The van der Waals surface area contributed by atoms with Crippen molar-refractivity contribution in [1.82, 2.24) is 20.6 Å². The summed E-state index contributed by atoms with van der Waals surface area (Å²) in [5, 5.41) is 6.39. The third-order valence-electron chi connectivity index (χ3n) is 2.84. The number of aliphatic imine (C=N–C) groups is 1. The van der Waals surface area contributed by atoms with E-state index in [1.807, 2.05) is 12.1 Å². The molecular formula is C14H22IN5. The number of rotatable bonds is 4. The molecule has 0 aliphatic carbocycles. The zero-order chi connectivity index (χ0) is 13.7. The lowest BCUT2D eigenvalue weighted by Crippen LogP contribution is -2.37. The van der Waals surface area contributed by atoms with E-state index in [4.69, 9.17) is 0 Å². The SMILES string of the molecule is CCNC(=NCc1nc2c(C)cccc2[nH]1)NCC.I. The number of hydrogen-bond donors (Lipinski definition) is 3. The van der Waals surface area contributed by atoms with Gasteiger partial charge in [0.15, 0.2) is 5.96 Å². The second-order valence-electron chi connectivity index (χ2n) is 4.38. The molecule has 0 atom stereocenters. The van der Waals surface area contributed by atoms with Crippen LogP contribution >= 0.6 is 24.0 Å². The maximum atomic E-state index is 4.59. The van der Waals surface area contributed by atoms with Crippen LogP contribution in [0.25, 0.3) is 11.0 Å². The van der Waals surface area contributed by atoms with Gasteiger partial charge in [-0.25, -0.2) is 9.98 Å². The molecule has 0 radical (unpaired) electrons. The fourth-order valence-electron chi connectivity index (χ4n) is 1.96. The van der Waals surface area contributed by atoms with Gasteiger partial charge in [-0.1, -0.05) is 12.1 Å². The van der Waals surface area contributed by atoms with Crippen molar-refractivity contribution < 1.29 is 0 Å². The first kappa shape index (κ1) is 16.7. The molecule has 0 bridgehead atoms. The summed E-state index contributed by atoms with van der Waals surface area (Å²) in [5.74, 6) is 1.71. The van der Waals surface area contributed by atoms with Gasteiger partial charge < -0.3 is 15.6 Å². The molecule has 1 aromatic carbocycles. The Labute approximate surface area is 136 Å². The Hall–Kier alpha value is -1.31. The lowest BCUT2D eigenvalue weighted by Gasteiger charge is -2.08. The highest BCUT2D eigenvalue weighted by atomic mass is 127. The van der Waals surface area contributed by atoms with Crippen LogP contribution in [0.5, 0.6) is 0 Å². The molecule has 20 heavy (non-hydrogen) atoms. The van der Waals surface area contributed by atoms with Crippen LogP contribution < -0.4 is 10.6 Å². The first-order valence-electron chi connectivity index (χ1n) is 6.71. The first-order chi connectivity index (χ1) is 9.24. The molecule has 2 aromatic rings. The number of H-pyrrole nitrogens is 1. The average Bonchev–Trinajstić information content (AvgIpc) is 2.81. The molecule has 0 aliphatic rings. The van der Waals surface area contributed by atoms with Gasteiger partial charge in [0.25, 0.3) is 0 Å². The Morgan fingerprint density at radius 2 is 1.95 bits per heavy atom. The lowest BCUT2D eigenvalue weighted by molar-refractivity contribution is 0.829. The van der Waals surface area contributed by atoms with Crippen molar-refractivity contribution >= 4 is 41.0 Å². The van der Waals surface area contributed by atoms with E-state index in [1.54, 1.807) is 0 Å². The van der Waals surface area contributed by atoms with Gasteiger partial charge in [-0.15, -0.1) is 24.0 Å². The van der Waals surface area contributed by atoms with Gasteiger partial charge in [0.1, 0.15) is 12.4 Å². The normalized spacial score (nSPS) is 9.95. The number of para-hydroxylation sites is 1. The summed E-state index contributed by atoms with van der Waals surface area (Å²) in [4.78, 5) is 12.4. The molecule has 0 amide bonds. The van der Waals surface area contributed by atoms with Gasteiger partial charge in [-0.05, 0) is 32.4 Å². The molecule has 1 aromatic heterocycles. The summed E-state index contributed by atoms with van der Waals surface area (Å²) in [6.45, 7) is 8.42. The highest BCUT2D eigenvalue weighted by Crippen LogP contribution is 2.15. The second-order valence-corrected chi connectivity index (χ2v) is 4.38. The van der Waals surface area contributed by atoms with Crippen molar-refractivity contribution in [1.29, 1.82) is 0 Å². The summed E-state index contributed by atoms with van der Waals surface area (Å²) >= 11 is 0. The second kappa shape index (κ2) is 8.08. The molecule has 110 valence electrons. The standard InChI is InChI=1S/C14H21N5.HI/c1-4-15-14(16-5-2)17-9-12-18-11-8-6-7-10(3)13(11)19-12;/h6-8H,4-5,9H2,1-3H3,(H,18,19)(H2,15,16,17);1H. The summed E-state index contributed by atoms with van der Waals surface area (Å²) in [5.41, 5.74) is 3.28. The minimum absolute atomic E-state index is 0. The van der Waals surface area contributed by atoms with E-state index in [0.29, 0.717) is 6.54 Å². The number of guanidine groups is 1. The van der Waals surface area contributed by atoms with Crippen molar-refractivity contribution in [2.75, 3.05) is 13.1 Å². The average molecular weight is 387 g/mol. The lowest BCUT2D eigenvalue weighted by atomic mass is 10.2. The van der Waals surface area contributed by atoms with Crippen LogP contribution in [0.4, 0.5) is 0 Å². The van der Waals surface area contributed by atoms with E-state index >= 15 is 0 Å². The van der Waals surface area contributed by atoms with E-state index in [-0.39, 0.29) is 24.0 Å².